The highest BCUT2D eigenvalue weighted by atomic mass is 19.1. The zero-order valence-corrected chi connectivity index (χ0v) is 8.24. The van der Waals surface area contributed by atoms with Crippen molar-refractivity contribution in [1.82, 2.24) is 0 Å². The van der Waals surface area contributed by atoms with Crippen LogP contribution in [-0.4, -0.2) is 19.0 Å². The summed E-state index contributed by atoms with van der Waals surface area (Å²) in [6.07, 6.45) is 0. The van der Waals surface area contributed by atoms with Crippen LogP contribution in [0.3, 0.4) is 0 Å². The van der Waals surface area contributed by atoms with E-state index in [4.69, 9.17) is 0 Å². The Balaban J connectivity index is 3.44. The molecule has 5 heteroatoms. The lowest BCUT2D eigenvalue weighted by Crippen LogP contribution is -2.13. The maximum atomic E-state index is 12.9. The van der Waals surface area contributed by atoms with Gasteiger partial charge >= 0.3 is 0 Å². The first-order chi connectivity index (χ1) is 6.43. The summed E-state index contributed by atoms with van der Waals surface area (Å²) in [5.41, 5.74) is 0.797. The smallest absolute Gasteiger partial charge is 0.295 e. The Morgan fingerprint density at radius 3 is 2.43 bits per heavy atom. The molecule has 0 aliphatic carbocycles. The van der Waals surface area contributed by atoms with Crippen molar-refractivity contribution in [2.45, 2.75) is 6.92 Å². The summed E-state index contributed by atoms with van der Waals surface area (Å²) in [5, 5.41) is 10.6. The van der Waals surface area contributed by atoms with Crippen LogP contribution in [0.2, 0.25) is 0 Å². The molecule has 0 aliphatic heterocycles. The van der Waals surface area contributed by atoms with Crippen LogP contribution in [0.5, 0.6) is 0 Å². The third kappa shape index (κ3) is 1.81. The predicted molar refractivity (Wildman–Crippen MR) is 52.1 cm³/mol. The molecule has 0 fully saturated rings. The monoisotopic (exact) mass is 198 g/mol. The van der Waals surface area contributed by atoms with Gasteiger partial charge in [-0.1, -0.05) is 0 Å². The lowest BCUT2D eigenvalue weighted by molar-refractivity contribution is -0.384. The molecule has 0 bridgehead atoms. The van der Waals surface area contributed by atoms with Crippen molar-refractivity contribution >= 4 is 11.4 Å². The highest BCUT2D eigenvalue weighted by molar-refractivity contribution is 5.67. The van der Waals surface area contributed by atoms with E-state index in [0.29, 0.717) is 11.3 Å². The standard InChI is InChI=1S/C9H11FN2O2/c1-6-4-7(10)5-8(12(13)14)9(6)11(2)3/h4-5H,1-3H3. The number of rotatable bonds is 2. The summed E-state index contributed by atoms with van der Waals surface area (Å²) in [7, 11) is 3.38. The molecular formula is C9H11FN2O2. The Bertz CT molecular complexity index is 377. The fourth-order valence-corrected chi connectivity index (χ4v) is 1.44. The van der Waals surface area contributed by atoms with Gasteiger partial charge in [0.1, 0.15) is 11.5 Å². The summed E-state index contributed by atoms with van der Waals surface area (Å²) < 4.78 is 12.9. The summed E-state index contributed by atoms with van der Waals surface area (Å²) >= 11 is 0. The first-order valence-corrected chi connectivity index (χ1v) is 4.05. The molecule has 0 heterocycles. The zero-order valence-electron chi connectivity index (χ0n) is 8.24. The number of hydrogen-bond acceptors (Lipinski definition) is 3. The van der Waals surface area contributed by atoms with Gasteiger partial charge in [0.25, 0.3) is 5.69 Å². The van der Waals surface area contributed by atoms with Crippen LogP contribution in [0.4, 0.5) is 15.8 Å². The van der Waals surface area contributed by atoms with Crippen molar-refractivity contribution in [3.63, 3.8) is 0 Å². The van der Waals surface area contributed by atoms with Gasteiger partial charge in [0.05, 0.1) is 11.0 Å². The topological polar surface area (TPSA) is 46.4 Å². The number of halogens is 1. The molecule has 1 aromatic rings. The molecule has 4 nitrogen and oxygen atoms in total. The molecular weight excluding hydrogens is 187 g/mol. The first kappa shape index (κ1) is 10.4. The summed E-state index contributed by atoms with van der Waals surface area (Å²) in [6, 6.07) is 2.21. The highest BCUT2D eigenvalue weighted by Crippen LogP contribution is 2.31. The van der Waals surface area contributed by atoms with Gasteiger partial charge in [-0.15, -0.1) is 0 Å². The molecule has 0 unspecified atom stereocenters. The number of anilines is 1. The molecule has 0 spiro atoms. The largest absolute Gasteiger partial charge is 0.372 e. The third-order valence-corrected chi connectivity index (χ3v) is 1.89. The maximum Gasteiger partial charge on any atom is 0.295 e. The fourth-order valence-electron chi connectivity index (χ4n) is 1.44. The van der Waals surface area contributed by atoms with Gasteiger partial charge < -0.3 is 4.90 Å². The van der Waals surface area contributed by atoms with E-state index in [1.165, 1.54) is 6.07 Å². The fraction of sp³-hybridized carbons (Fsp3) is 0.333. The number of benzene rings is 1. The van der Waals surface area contributed by atoms with Crippen molar-refractivity contribution in [1.29, 1.82) is 0 Å². The van der Waals surface area contributed by atoms with Crippen LogP contribution in [0.1, 0.15) is 5.56 Å². The maximum absolute atomic E-state index is 12.9. The Hall–Kier alpha value is -1.65. The second kappa shape index (κ2) is 3.61. The van der Waals surface area contributed by atoms with Crippen molar-refractivity contribution in [3.05, 3.63) is 33.6 Å². The number of nitro benzene ring substituents is 1. The summed E-state index contributed by atoms with van der Waals surface area (Å²) in [5.74, 6) is -0.584. The normalized spacial score (nSPS) is 10.0. The van der Waals surface area contributed by atoms with Crippen LogP contribution < -0.4 is 4.90 Å². The van der Waals surface area contributed by atoms with E-state index in [-0.39, 0.29) is 5.69 Å². The predicted octanol–water partition coefficient (Wildman–Crippen LogP) is 2.11. The quantitative estimate of drug-likeness (QED) is 0.540. The van der Waals surface area contributed by atoms with Crippen molar-refractivity contribution in [3.8, 4) is 0 Å². The Labute approximate surface area is 81.1 Å². The van der Waals surface area contributed by atoms with Crippen LogP contribution in [0, 0.1) is 22.9 Å². The van der Waals surface area contributed by atoms with E-state index in [1.54, 1.807) is 25.9 Å². The van der Waals surface area contributed by atoms with E-state index in [0.717, 1.165) is 6.07 Å². The molecule has 1 aromatic carbocycles. The van der Waals surface area contributed by atoms with Crippen molar-refractivity contribution in [2.75, 3.05) is 19.0 Å². The lowest BCUT2D eigenvalue weighted by Gasteiger charge is -2.15. The number of nitrogens with zero attached hydrogens (tertiary/aromatic N) is 2. The zero-order chi connectivity index (χ0) is 10.9. The van der Waals surface area contributed by atoms with Crippen LogP contribution >= 0.6 is 0 Å². The second-order valence-electron chi connectivity index (χ2n) is 3.24. The first-order valence-electron chi connectivity index (χ1n) is 4.05. The molecule has 0 saturated carbocycles. The van der Waals surface area contributed by atoms with E-state index in [9.17, 15) is 14.5 Å². The molecule has 14 heavy (non-hydrogen) atoms. The SMILES string of the molecule is Cc1cc(F)cc([N+](=O)[O-])c1N(C)C. The third-order valence-electron chi connectivity index (χ3n) is 1.89. The molecule has 0 aliphatic rings. The molecule has 0 radical (unpaired) electrons. The number of hydrogen-bond donors (Lipinski definition) is 0. The van der Waals surface area contributed by atoms with Gasteiger partial charge in [-0.2, -0.15) is 0 Å². The molecule has 0 aromatic heterocycles. The Morgan fingerprint density at radius 1 is 1.43 bits per heavy atom. The number of aryl methyl sites for hydroxylation is 1. The van der Waals surface area contributed by atoms with E-state index in [2.05, 4.69) is 0 Å². The lowest BCUT2D eigenvalue weighted by atomic mass is 10.1. The average molecular weight is 198 g/mol. The van der Waals surface area contributed by atoms with Gasteiger partial charge in [-0.05, 0) is 18.6 Å². The van der Waals surface area contributed by atoms with Crippen molar-refractivity contribution < 1.29 is 9.31 Å². The minimum Gasteiger partial charge on any atom is -0.372 e. The summed E-state index contributed by atoms with van der Waals surface area (Å²) in [4.78, 5) is 11.7. The van der Waals surface area contributed by atoms with Gasteiger partial charge in [-0.25, -0.2) is 4.39 Å². The van der Waals surface area contributed by atoms with E-state index >= 15 is 0 Å². The van der Waals surface area contributed by atoms with Gasteiger partial charge in [0, 0.05) is 14.1 Å². The van der Waals surface area contributed by atoms with E-state index < -0.39 is 10.7 Å². The summed E-state index contributed by atoms with van der Waals surface area (Å²) in [6.45, 7) is 1.64. The Morgan fingerprint density at radius 2 is 2.00 bits per heavy atom. The molecule has 0 atom stereocenters. The van der Waals surface area contributed by atoms with Crippen LogP contribution in [0.15, 0.2) is 12.1 Å². The molecule has 76 valence electrons. The highest BCUT2D eigenvalue weighted by Gasteiger charge is 2.19. The minimum atomic E-state index is -0.584. The van der Waals surface area contributed by atoms with E-state index in [1.807, 2.05) is 0 Å². The number of nitro groups is 1. The minimum absolute atomic E-state index is 0.201. The van der Waals surface area contributed by atoms with Gasteiger partial charge in [-0.3, -0.25) is 10.1 Å². The van der Waals surface area contributed by atoms with Crippen LogP contribution in [-0.2, 0) is 0 Å². The molecule has 0 saturated heterocycles. The Kier molecular flexibility index (Phi) is 2.69. The average Bonchev–Trinajstić information content (AvgIpc) is 2.01. The van der Waals surface area contributed by atoms with Gasteiger partial charge in [0.2, 0.25) is 0 Å². The second-order valence-corrected chi connectivity index (χ2v) is 3.24. The van der Waals surface area contributed by atoms with Gasteiger partial charge in [0.15, 0.2) is 0 Å². The van der Waals surface area contributed by atoms with Crippen LogP contribution in [0.25, 0.3) is 0 Å². The molecule has 1 rings (SSSR count). The molecule has 0 amide bonds. The molecule has 0 N–H and O–H groups in total. The van der Waals surface area contributed by atoms with Crippen molar-refractivity contribution in [2.24, 2.45) is 0 Å².